The summed E-state index contributed by atoms with van der Waals surface area (Å²) in [6.07, 6.45) is 0.759. The second-order valence-corrected chi connectivity index (χ2v) is 4.85. The molecule has 0 aliphatic carbocycles. The number of benzene rings is 1. The largest absolute Gasteiger partial charge is 0.396 e. The van der Waals surface area contributed by atoms with Gasteiger partial charge in [-0.2, -0.15) is 0 Å². The van der Waals surface area contributed by atoms with Crippen LogP contribution in [0.3, 0.4) is 0 Å². The molecule has 0 aromatic heterocycles. The standard InChI is InChI=1S/C14H20FN3O2/c15-12-3-1-4-13(11-12)16-14(20)18-8-6-17(7-9-18)5-2-10-19/h1,3-4,11,19H,2,5-10H2,(H,16,20). The zero-order valence-electron chi connectivity index (χ0n) is 11.4. The summed E-state index contributed by atoms with van der Waals surface area (Å²) >= 11 is 0. The molecule has 0 radical (unpaired) electrons. The molecule has 2 N–H and O–H groups in total. The van der Waals surface area contributed by atoms with Gasteiger partial charge < -0.3 is 15.3 Å². The maximum Gasteiger partial charge on any atom is 0.321 e. The van der Waals surface area contributed by atoms with Crippen molar-refractivity contribution < 1.29 is 14.3 Å². The number of aliphatic hydroxyl groups excluding tert-OH is 1. The number of rotatable bonds is 4. The maximum atomic E-state index is 13.0. The Bertz CT molecular complexity index is 448. The fourth-order valence-electron chi connectivity index (χ4n) is 2.24. The van der Waals surface area contributed by atoms with Crippen LogP contribution in [-0.4, -0.2) is 60.3 Å². The Balaban J connectivity index is 1.80. The van der Waals surface area contributed by atoms with Gasteiger partial charge in [-0.25, -0.2) is 9.18 Å². The Morgan fingerprint density at radius 3 is 2.70 bits per heavy atom. The number of amides is 2. The molecule has 0 bridgehead atoms. The third-order valence-corrected chi connectivity index (χ3v) is 3.37. The van der Waals surface area contributed by atoms with E-state index in [9.17, 15) is 9.18 Å². The van der Waals surface area contributed by atoms with Gasteiger partial charge in [0.05, 0.1) is 0 Å². The van der Waals surface area contributed by atoms with Gasteiger partial charge in [0.2, 0.25) is 0 Å². The monoisotopic (exact) mass is 281 g/mol. The quantitative estimate of drug-likeness (QED) is 0.876. The number of hydrogen-bond acceptors (Lipinski definition) is 3. The van der Waals surface area contributed by atoms with Gasteiger partial charge in [-0.1, -0.05) is 6.07 Å². The Labute approximate surface area is 118 Å². The van der Waals surface area contributed by atoms with Gasteiger partial charge in [-0.15, -0.1) is 0 Å². The van der Waals surface area contributed by atoms with E-state index in [0.717, 1.165) is 26.1 Å². The highest BCUT2D eigenvalue weighted by atomic mass is 19.1. The Kier molecular flexibility index (Phi) is 5.31. The molecule has 1 heterocycles. The first-order valence-electron chi connectivity index (χ1n) is 6.84. The Morgan fingerprint density at radius 2 is 2.05 bits per heavy atom. The first-order chi connectivity index (χ1) is 9.69. The number of carbonyl (C=O) groups excluding carboxylic acids is 1. The number of halogens is 1. The Hall–Kier alpha value is -1.66. The number of carbonyl (C=O) groups is 1. The molecule has 1 aliphatic heterocycles. The van der Waals surface area contributed by atoms with Crippen molar-refractivity contribution in [3.63, 3.8) is 0 Å². The number of anilines is 1. The van der Waals surface area contributed by atoms with Crippen LogP contribution in [-0.2, 0) is 0 Å². The van der Waals surface area contributed by atoms with Gasteiger partial charge in [0.25, 0.3) is 0 Å². The summed E-state index contributed by atoms with van der Waals surface area (Å²) in [6, 6.07) is 5.68. The third-order valence-electron chi connectivity index (χ3n) is 3.37. The van der Waals surface area contributed by atoms with E-state index in [2.05, 4.69) is 10.2 Å². The van der Waals surface area contributed by atoms with E-state index in [1.165, 1.54) is 12.1 Å². The molecule has 2 rings (SSSR count). The number of hydrogen-bond donors (Lipinski definition) is 2. The van der Waals surface area contributed by atoms with E-state index in [-0.39, 0.29) is 18.5 Å². The molecule has 0 saturated carbocycles. The first kappa shape index (κ1) is 14.7. The van der Waals surface area contributed by atoms with E-state index >= 15 is 0 Å². The predicted molar refractivity (Wildman–Crippen MR) is 75.1 cm³/mol. The number of piperazine rings is 1. The second-order valence-electron chi connectivity index (χ2n) is 4.85. The second kappa shape index (κ2) is 7.21. The molecule has 1 aromatic rings. The molecule has 0 unspecified atom stereocenters. The third kappa shape index (κ3) is 4.18. The number of nitrogens with one attached hydrogen (secondary N) is 1. The van der Waals surface area contributed by atoms with Crippen LogP contribution in [0.25, 0.3) is 0 Å². The lowest BCUT2D eigenvalue weighted by Crippen LogP contribution is -2.50. The molecule has 110 valence electrons. The van der Waals surface area contributed by atoms with Gasteiger partial charge in [-0.05, 0) is 24.6 Å². The summed E-state index contributed by atoms with van der Waals surface area (Å²) in [5.41, 5.74) is 0.470. The molecule has 20 heavy (non-hydrogen) atoms. The molecule has 5 nitrogen and oxygen atoms in total. The van der Waals surface area contributed by atoms with E-state index in [0.29, 0.717) is 18.8 Å². The van der Waals surface area contributed by atoms with Crippen LogP contribution in [0.15, 0.2) is 24.3 Å². The zero-order chi connectivity index (χ0) is 14.4. The highest BCUT2D eigenvalue weighted by Crippen LogP contribution is 2.11. The van der Waals surface area contributed by atoms with Crippen LogP contribution >= 0.6 is 0 Å². The minimum absolute atomic E-state index is 0.195. The Morgan fingerprint density at radius 1 is 1.30 bits per heavy atom. The minimum atomic E-state index is -0.364. The van der Waals surface area contributed by atoms with Crippen molar-refractivity contribution in [3.05, 3.63) is 30.1 Å². The lowest BCUT2D eigenvalue weighted by Gasteiger charge is -2.34. The smallest absolute Gasteiger partial charge is 0.321 e. The van der Waals surface area contributed by atoms with Gasteiger partial charge in [-0.3, -0.25) is 4.90 Å². The molecule has 1 aromatic carbocycles. The fraction of sp³-hybridized carbons (Fsp3) is 0.500. The average Bonchev–Trinajstić information content (AvgIpc) is 2.45. The topological polar surface area (TPSA) is 55.8 Å². The lowest BCUT2D eigenvalue weighted by atomic mass is 10.3. The molecule has 1 aliphatic rings. The summed E-state index contributed by atoms with van der Waals surface area (Å²) in [6.45, 7) is 3.95. The van der Waals surface area contributed by atoms with Crippen molar-refractivity contribution in [3.8, 4) is 0 Å². The summed E-state index contributed by atoms with van der Waals surface area (Å²) in [5, 5.41) is 11.5. The fourth-order valence-corrected chi connectivity index (χ4v) is 2.24. The molecule has 0 atom stereocenters. The van der Waals surface area contributed by atoms with Crippen LogP contribution in [0, 0.1) is 5.82 Å². The van der Waals surface area contributed by atoms with Gasteiger partial charge in [0.15, 0.2) is 0 Å². The van der Waals surface area contributed by atoms with Gasteiger partial charge >= 0.3 is 6.03 Å². The van der Waals surface area contributed by atoms with Crippen LogP contribution in [0.2, 0.25) is 0 Å². The molecular weight excluding hydrogens is 261 g/mol. The van der Waals surface area contributed by atoms with Crippen LogP contribution in [0.5, 0.6) is 0 Å². The summed E-state index contributed by atoms with van der Waals surface area (Å²) in [5.74, 6) is -0.364. The molecule has 2 amide bonds. The van der Waals surface area contributed by atoms with E-state index in [4.69, 9.17) is 5.11 Å². The normalized spacial score (nSPS) is 16.2. The maximum absolute atomic E-state index is 13.0. The van der Waals surface area contributed by atoms with Gasteiger partial charge in [0.1, 0.15) is 5.82 Å². The van der Waals surface area contributed by atoms with Crippen molar-refractivity contribution in [2.75, 3.05) is 44.6 Å². The van der Waals surface area contributed by atoms with Gasteiger partial charge in [0, 0.05) is 45.0 Å². The van der Waals surface area contributed by atoms with E-state index < -0.39 is 0 Å². The molecule has 6 heteroatoms. The van der Waals surface area contributed by atoms with Crippen molar-refractivity contribution in [2.45, 2.75) is 6.42 Å². The van der Waals surface area contributed by atoms with Crippen LogP contribution < -0.4 is 5.32 Å². The molecule has 1 fully saturated rings. The van der Waals surface area contributed by atoms with E-state index in [1.54, 1.807) is 17.0 Å². The van der Waals surface area contributed by atoms with Crippen molar-refractivity contribution >= 4 is 11.7 Å². The van der Waals surface area contributed by atoms with E-state index in [1.807, 2.05) is 0 Å². The molecule has 0 spiro atoms. The van der Waals surface area contributed by atoms with Crippen LogP contribution in [0.1, 0.15) is 6.42 Å². The highest BCUT2D eigenvalue weighted by molar-refractivity contribution is 5.89. The highest BCUT2D eigenvalue weighted by Gasteiger charge is 2.20. The summed E-state index contributed by atoms with van der Waals surface area (Å²) < 4.78 is 13.0. The molecular formula is C14H20FN3O2. The summed E-state index contributed by atoms with van der Waals surface area (Å²) in [4.78, 5) is 16.0. The average molecular weight is 281 g/mol. The lowest BCUT2D eigenvalue weighted by molar-refractivity contribution is 0.139. The number of nitrogens with zero attached hydrogens (tertiary/aromatic N) is 2. The van der Waals surface area contributed by atoms with Crippen LogP contribution in [0.4, 0.5) is 14.9 Å². The summed E-state index contributed by atoms with van der Waals surface area (Å²) in [7, 11) is 0. The molecule has 1 saturated heterocycles. The first-order valence-corrected chi connectivity index (χ1v) is 6.84. The zero-order valence-corrected chi connectivity index (χ0v) is 11.4. The minimum Gasteiger partial charge on any atom is -0.396 e. The van der Waals surface area contributed by atoms with Crippen molar-refractivity contribution in [1.29, 1.82) is 0 Å². The number of urea groups is 1. The predicted octanol–water partition coefficient (Wildman–Crippen LogP) is 1.36. The van der Waals surface area contributed by atoms with Crippen molar-refractivity contribution in [2.24, 2.45) is 0 Å². The SMILES string of the molecule is O=C(Nc1cccc(F)c1)N1CCN(CCCO)CC1. The number of aliphatic hydroxyl groups is 1. The van der Waals surface area contributed by atoms with Crippen molar-refractivity contribution in [1.82, 2.24) is 9.80 Å².